The second-order valence-electron chi connectivity index (χ2n) is 2.77. The number of hydrogen-bond donors (Lipinski definition) is 1. The third-order valence-electron chi connectivity index (χ3n) is 1.84. The van der Waals surface area contributed by atoms with E-state index in [0.29, 0.717) is 5.65 Å². The standard InChI is InChI=1S/C8H7N3O3/c12-7-2-4-11-6(1-3-9-11)10(7)5-8(13)14/h1-4H,5H2,(H,13,14). The summed E-state index contributed by atoms with van der Waals surface area (Å²) in [6.45, 7) is -0.352. The monoisotopic (exact) mass is 193 g/mol. The summed E-state index contributed by atoms with van der Waals surface area (Å²) < 4.78 is 2.60. The average molecular weight is 193 g/mol. The molecule has 6 heteroatoms. The summed E-state index contributed by atoms with van der Waals surface area (Å²) in [7, 11) is 0. The van der Waals surface area contributed by atoms with Crippen molar-refractivity contribution in [3.8, 4) is 0 Å². The molecule has 2 aromatic heterocycles. The number of hydrogen-bond acceptors (Lipinski definition) is 3. The number of nitrogens with zero attached hydrogens (tertiary/aromatic N) is 3. The van der Waals surface area contributed by atoms with Crippen LogP contribution in [0.4, 0.5) is 0 Å². The lowest BCUT2D eigenvalue weighted by molar-refractivity contribution is -0.137. The number of aliphatic carboxylic acids is 1. The lowest BCUT2D eigenvalue weighted by atomic mass is 10.5. The fourth-order valence-corrected chi connectivity index (χ4v) is 1.27. The van der Waals surface area contributed by atoms with Gasteiger partial charge in [-0.25, -0.2) is 4.52 Å². The Hall–Kier alpha value is -2.11. The third kappa shape index (κ3) is 1.26. The molecule has 0 aromatic carbocycles. The second kappa shape index (κ2) is 2.99. The van der Waals surface area contributed by atoms with Crippen molar-refractivity contribution in [2.24, 2.45) is 0 Å². The predicted molar refractivity (Wildman–Crippen MR) is 47.1 cm³/mol. The first-order valence-electron chi connectivity index (χ1n) is 3.93. The summed E-state index contributed by atoms with van der Waals surface area (Å²) in [6, 6.07) is 2.87. The van der Waals surface area contributed by atoms with Crippen LogP contribution in [0.5, 0.6) is 0 Å². The van der Waals surface area contributed by atoms with E-state index in [9.17, 15) is 9.59 Å². The molecule has 2 aromatic rings. The van der Waals surface area contributed by atoms with Gasteiger partial charge in [-0.05, 0) is 0 Å². The maximum Gasteiger partial charge on any atom is 0.323 e. The van der Waals surface area contributed by atoms with Crippen LogP contribution >= 0.6 is 0 Å². The molecular weight excluding hydrogens is 186 g/mol. The van der Waals surface area contributed by atoms with E-state index in [0.717, 1.165) is 4.57 Å². The van der Waals surface area contributed by atoms with E-state index >= 15 is 0 Å². The van der Waals surface area contributed by atoms with Crippen LogP contribution in [-0.4, -0.2) is 25.3 Å². The molecule has 72 valence electrons. The van der Waals surface area contributed by atoms with E-state index < -0.39 is 5.97 Å². The van der Waals surface area contributed by atoms with Crippen molar-refractivity contribution in [1.82, 2.24) is 14.2 Å². The summed E-state index contributed by atoms with van der Waals surface area (Å²) in [5, 5.41) is 12.5. The van der Waals surface area contributed by atoms with Crippen LogP contribution in [0.15, 0.2) is 29.3 Å². The summed E-state index contributed by atoms with van der Waals surface area (Å²) in [5.74, 6) is -1.05. The molecule has 0 radical (unpaired) electrons. The van der Waals surface area contributed by atoms with Crippen LogP contribution in [0, 0.1) is 0 Å². The molecule has 0 saturated carbocycles. The summed E-state index contributed by atoms with van der Waals surface area (Å²) in [4.78, 5) is 21.8. The lowest BCUT2D eigenvalue weighted by Crippen LogP contribution is -2.24. The highest BCUT2D eigenvalue weighted by molar-refractivity contribution is 5.67. The Labute approximate surface area is 78.0 Å². The predicted octanol–water partition coefficient (Wildman–Crippen LogP) is -0.419. The molecule has 0 amide bonds. The van der Waals surface area contributed by atoms with Gasteiger partial charge in [-0.2, -0.15) is 5.10 Å². The number of carbonyl (C=O) groups is 1. The van der Waals surface area contributed by atoms with Crippen molar-refractivity contribution >= 4 is 11.6 Å². The van der Waals surface area contributed by atoms with Gasteiger partial charge in [0, 0.05) is 18.3 Å². The summed E-state index contributed by atoms with van der Waals surface area (Å²) in [6.07, 6.45) is 3.00. The molecule has 0 aliphatic heterocycles. The van der Waals surface area contributed by atoms with Crippen LogP contribution in [0.1, 0.15) is 0 Å². The van der Waals surface area contributed by atoms with Gasteiger partial charge in [-0.3, -0.25) is 14.2 Å². The highest BCUT2D eigenvalue weighted by Crippen LogP contribution is 1.97. The first-order chi connectivity index (χ1) is 6.68. The van der Waals surface area contributed by atoms with Crippen LogP contribution in [0.25, 0.3) is 5.65 Å². The topological polar surface area (TPSA) is 76.6 Å². The van der Waals surface area contributed by atoms with Gasteiger partial charge in [0.05, 0.1) is 6.20 Å². The third-order valence-corrected chi connectivity index (χ3v) is 1.84. The highest BCUT2D eigenvalue weighted by Gasteiger charge is 2.06. The smallest absolute Gasteiger partial charge is 0.323 e. The Balaban J connectivity index is 2.70. The van der Waals surface area contributed by atoms with E-state index in [1.807, 2.05) is 0 Å². The van der Waals surface area contributed by atoms with Crippen molar-refractivity contribution in [3.05, 3.63) is 34.9 Å². The molecular formula is C8H7N3O3. The molecule has 0 bridgehead atoms. The Morgan fingerprint density at radius 1 is 1.50 bits per heavy atom. The minimum absolute atomic E-state index is 0.347. The SMILES string of the molecule is O=C(O)Cn1c(=O)ccn2nccc12. The number of aromatic nitrogens is 3. The van der Waals surface area contributed by atoms with Gasteiger partial charge in [-0.1, -0.05) is 0 Å². The fourth-order valence-electron chi connectivity index (χ4n) is 1.27. The van der Waals surface area contributed by atoms with Gasteiger partial charge in [0.1, 0.15) is 12.2 Å². The zero-order valence-electron chi connectivity index (χ0n) is 7.12. The van der Waals surface area contributed by atoms with Gasteiger partial charge in [0.2, 0.25) is 0 Å². The molecule has 0 saturated heterocycles. The van der Waals surface area contributed by atoms with Crippen LogP contribution < -0.4 is 5.56 Å². The van der Waals surface area contributed by atoms with Gasteiger partial charge in [0.25, 0.3) is 5.56 Å². The normalized spacial score (nSPS) is 10.6. The number of carboxylic acids is 1. The minimum atomic E-state index is -1.05. The zero-order chi connectivity index (χ0) is 10.1. The van der Waals surface area contributed by atoms with Crippen LogP contribution in [0.3, 0.4) is 0 Å². The molecule has 0 spiro atoms. The number of rotatable bonds is 2. The molecule has 6 nitrogen and oxygen atoms in total. The van der Waals surface area contributed by atoms with E-state index in [4.69, 9.17) is 5.11 Å². The van der Waals surface area contributed by atoms with Crippen molar-refractivity contribution in [3.63, 3.8) is 0 Å². The maximum absolute atomic E-state index is 11.3. The largest absolute Gasteiger partial charge is 0.480 e. The number of fused-ring (bicyclic) bond motifs is 1. The first-order valence-corrected chi connectivity index (χ1v) is 3.93. The molecule has 2 rings (SSSR count). The highest BCUT2D eigenvalue weighted by atomic mass is 16.4. The Kier molecular flexibility index (Phi) is 1.81. The van der Waals surface area contributed by atoms with Crippen LogP contribution in [0.2, 0.25) is 0 Å². The Bertz CT molecular complexity index is 540. The van der Waals surface area contributed by atoms with E-state index in [-0.39, 0.29) is 12.1 Å². The molecule has 2 heterocycles. The van der Waals surface area contributed by atoms with Gasteiger partial charge >= 0.3 is 5.97 Å². The van der Waals surface area contributed by atoms with Crippen molar-refractivity contribution in [2.45, 2.75) is 6.54 Å². The zero-order valence-corrected chi connectivity index (χ0v) is 7.12. The average Bonchev–Trinajstić information content (AvgIpc) is 2.57. The number of carboxylic acid groups (broad SMARTS) is 1. The van der Waals surface area contributed by atoms with E-state index in [1.54, 1.807) is 6.07 Å². The Morgan fingerprint density at radius 2 is 2.29 bits per heavy atom. The molecule has 14 heavy (non-hydrogen) atoms. The van der Waals surface area contributed by atoms with Gasteiger partial charge in [-0.15, -0.1) is 0 Å². The van der Waals surface area contributed by atoms with Crippen molar-refractivity contribution < 1.29 is 9.90 Å². The Morgan fingerprint density at radius 3 is 3.00 bits per heavy atom. The second-order valence-corrected chi connectivity index (χ2v) is 2.77. The molecule has 0 aliphatic carbocycles. The molecule has 0 unspecified atom stereocenters. The lowest BCUT2D eigenvalue weighted by Gasteiger charge is -2.03. The minimum Gasteiger partial charge on any atom is -0.480 e. The summed E-state index contributed by atoms with van der Waals surface area (Å²) >= 11 is 0. The first kappa shape index (κ1) is 8.49. The van der Waals surface area contributed by atoms with Crippen LogP contribution in [-0.2, 0) is 11.3 Å². The quantitative estimate of drug-likeness (QED) is 0.702. The molecule has 0 fully saturated rings. The molecule has 0 aliphatic rings. The van der Waals surface area contributed by atoms with Gasteiger partial charge in [0.15, 0.2) is 0 Å². The van der Waals surface area contributed by atoms with Crippen molar-refractivity contribution in [2.75, 3.05) is 0 Å². The van der Waals surface area contributed by atoms with Gasteiger partial charge < -0.3 is 5.11 Å². The fraction of sp³-hybridized carbons (Fsp3) is 0.125. The molecule has 0 atom stereocenters. The summed E-state index contributed by atoms with van der Waals surface area (Å²) in [5.41, 5.74) is 0.125. The molecule has 1 N–H and O–H groups in total. The maximum atomic E-state index is 11.3. The van der Waals surface area contributed by atoms with E-state index in [1.165, 1.54) is 23.0 Å². The van der Waals surface area contributed by atoms with E-state index in [2.05, 4.69) is 5.10 Å². The van der Waals surface area contributed by atoms with Crippen molar-refractivity contribution in [1.29, 1.82) is 0 Å².